The van der Waals surface area contributed by atoms with Gasteiger partial charge in [0.25, 0.3) is 0 Å². The van der Waals surface area contributed by atoms with Crippen molar-refractivity contribution in [1.82, 2.24) is 0 Å². The van der Waals surface area contributed by atoms with Crippen molar-refractivity contribution in [2.24, 2.45) is 0 Å². The molecule has 0 atom stereocenters. The lowest BCUT2D eigenvalue weighted by molar-refractivity contribution is -0.107. The van der Waals surface area contributed by atoms with Crippen LogP contribution in [0.1, 0.15) is 32.8 Å². The van der Waals surface area contributed by atoms with Gasteiger partial charge in [-0.2, -0.15) is 0 Å². The number of carbonyl (C=O) groups excluding carboxylic acids is 2. The minimum atomic E-state index is -0.719. The van der Waals surface area contributed by atoms with Crippen LogP contribution in [0.5, 0.6) is 5.75 Å². The third-order valence-electron chi connectivity index (χ3n) is 2.06. The fourth-order valence-corrected chi connectivity index (χ4v) is 1.32. The van der Waals surface area contributed by atoms with Crippen LogP contribution in [-0.4, -0.2) is 18.0 Å². The van der Waals surface area contributed by atoms with E-state index in [1.165, 1.54) is 0 Å². The Hall–Kier alpha value is -1.84. The quantitative estimate of drug-likeness (QED) is 0.468. The van der Waals surface area contributed by atoms with E-state index in [4.69, 9.17) is 9.47 Å². The molecule has 0 saturated carbocycles. The molecule has 0 radical (unpaired) electrons. The zero-order valence-corrected chi connectivity index (χ0v) is 10.9. The molecule has 0 aliphatic carbocycles. The number of rotatable bonds is 4. The largest absolute Gasteiger partial charge is 0.514 e. The van der Waals surface area contributed by atoms with E-state index >= 15 is 0 Å². The highest BCUT2D eigenvalue weighted by molar-refractivity contribution is 5.64. The molecule has 0 spiro atoms. The highest BCUT2D eigenvalue weighted by Crippen LogP contribution is 2.15. The monoisotopic (exact) mass is 250 g/mol. The maximum atomic E-state index is 11.4. The summed E-state index contributed by atoms with van der Waals surface area (Å²) in [6, 6.07) is 7.01. The van der Waals surface area contributed by atoms with Crippen molar-refractivity contribution in [1.29, 1.82) is 0 Å². The number of benzene rings is 1. The minimum Gasteiger partial charge on any atom is -0.428 e. The zero-order valence-electron chi connectivity index (χ0n) is 10.9. The van der Waals surface area contributed by atoms with E-state index in [1.807, 2.05) is 12.1 Å². The Bertz CT molecular complexity index is 401. The standard InChI is InChI=1S/C14H18O4/c1-14(2,3)18-13(16)17-12-8-6-11(7-9-12)5-4-10-15/h6-10H,4-5H2,1-3H3. The van der Waals surface area contributed by atoms with Gasteiger partial charge in [0.05, 0.1) is 0 Å². The zero-order chi connectivity index (χ0) is 13.6. The van der Waals surface area contributed by atoms with E-state index in [0.29, 0.717) is 18.6 Å². The summed E-state index contributed by atoms with van der Waals surface area (Å²) in [5.41, 5.74) is 0.458. The van der Waals surface area contributed by atoms with E-state index in [1.54, 1.807) is 32.9 Å². The lowest BCUT2D eigenvalue weighted by Gasteiger charge is -2.18. The summed E-state index contributed by atoms with van der Waals surface area (Å²) >= 11 is 0. The molecule has 1 aromatic carbocycles. The van der Waals surface area contributed by atoms with Crippen molar-refractivity contribution in [2.75, 3.05) is 0 Å². The fraction of sp³-hybridized carbons (Fsp3) is 0.429. The van der Waals surface area contributed by atoms with Crippen molar-refractivity contribution in [2.45, 2.75) is 39.2 Å². The van der Waals surface area contributed by atoms with Crippen molar-refractivity contribution in [3.63, 3.8) is 0 Å². The van der Waals surface area contributed by atoms with Crippen LogP contribution in [0, 0.1) is 0 Å². The highest BCUT2D eigenvalue weighted by Gasteiger charge is 2.17. The van der Waals surface area contributed by atoms with E-state index in [2.05, 4.69) is 0 Å². The second kappa shape index (κ2) is 6.19. The smallest absolute Gasteiger partial charge is 0.428 e. The summed E-state index contributed by atoms with van der Waals surface area (Å²) in [6.07, 6.45) is 1.34. The highest BCUT2D eigenvalue weighted by atomic mass is 16.7. The molecule has 0 bridgehead atoms. The molecule has 0 heterocycles. The van der Waals surface area contributed by atoms with Gasteiger partial charge in [-0.05, 0) is 44.9 Å². The number of ether oxygens (including phenoxy) is 2. The molecular formula is C14H18O4. The summed E-state index contributed by atoms with van der Waals surface area (Å²) in [7, 11) is 0. The van der Waals surface area contributed by atoms with Gasteiger partial charge < -0.3 is 14.3 Å². The molecule has 4 nitrogen and oxygen atoms in total. The van der Waals surface area contributed by atoms with Crippen molar-refractivity contribution in [3.05, 3.63) is 29.8 Å². The van der Waals surface area contributed by atoms with Gasteiger partial charge >= 0.3 is 6.16 Å². The number of aldehydes is 1. The van der Waals surface area contributed by atoms with Crippen LogP contribution in [0.15, 0.2) is 24.3 Å². The summed E-state index contributed by atoms with van der Waals surface area (Å²) < 4.78 is 10.0. The van der Waals surface area contributed by atoms with E-state index < -0.39 is 11.8 Å². The third-order valence-corrected chi connectivity index (χ3v) is 2.06. The summed E-state index contributed by atoms with van der Waals surface area (Å²) in [5, 5.41) is 0. The number of hydrogen-bond donors (Lipinski definition) is 0. The van der Waals surface area contributed by atoms with Crippen molar-refractivity contribution < 1.29 is 19.1 Å². The molecule has 0 amide bonds. The first-order valence-electron chi connectivity index (χ1n) is 5.84. The first-order valence-corrected chi connectivity index (χ1v) is 5.84. The average molecular weight is 250 g/mol. The molecule has 18 heavy (non-hydrogen) atoms. The van der Waals surface area contributed by atoms with Crippen LogP contribution in [0.4, 0.5) is 4.79 Å². The molecule has 4 heteroatoms. The van der Waals surface area contributed by atoms with Crippen molar-refractivity contribution >= 4 is 12.4 Å². The topological polar surface area (TPSA) is 52.6 Å². The first kappa shape index (κ1) is 14.2. The van der Waals surface area contributed by atoms with E-state index in [0.717, 1.165) is 11.8 Å². The molecule has 0 aromatic heterocycles. The van der Waals surface area contributed by atoms with Crippen LogP contribution in [-0.2, 0) is 16.0 Å². The molecule has 0 N–H and O–H groups in total. The average Bonchev–Trinajstić information content (AvgIpc) is 2.25. The Morgan fingerprint density at radius 2 is 1.83 bits per heavy atom. The Kier molecular flexibility index (Phi) is 4.89. The Morgan fingerprint density at radius 1 is 1.22 bits per heavy atom. The predicted molar refractivity (Wildman–Crippen MR) is 67.7 cm³/mol. The van der Waals surface area contributed by atoms with Gasteiger partial charge in [-0.3, -0.25) is 0 Å². The molecule has 0 saturated heterocycles. The summed E-state index contributed by atoms with van der Waals surface area (Å²) in [4.78, 5) is 21.6. The second-order valence-corrected chi connectivity index (χ2v) is 4.92. The van der Waals surface area contributed by atoms with Crippen LogP contribution >= 0.6 is 0 Å². The minimum absolute atomic E-state index is 0.430. The normalized spacial score (nSPS) is 10.8. The Labute approximate surface area is 107 Å². The van der Waals surface area contributed by atoms with Gasteiger partial charge in [0.2, 0.25) is 0 Å². The predicted octanol–water partition coefficient (Wildman–Crippen LogP) is 3.13. The molecule has 0 unspecified atom stereocenters. The second-order valence-electron chi connectivity index (χ2n) is 4.92. The van der Waals surface area contributed by atoms with Gasteiger partial charge in [0.1, 0.15) is 17.6 Å². The molecule has 0 fully saturated rings. The molecule has 1 rings (SSSR count). The van der Waals surface area contributed by atoms with Crippen LogP contribution in [0.2, 0.25) is 0 Å². The van der Waals surface area contributed by atoms with E-state index in [-0.39, 0.29) is 0 Å². The molecular weight excluding hydrogens is 232 g/mol. The van der Waals surface area contributed by atoms with Gasteiger partial charge in [-0.1, -0.05) is 12.1 Å². The van der Waals surface area contributed by atoms with E-state index in [9.17, 15) is 9.59 Å². The van der Waals surface area contributed by atoms with Gasteiger partial charge in [0, 0.05) is 6.42 Å². The van der Waals surface area contributed by atoms with Crippen LogP contribution in [0.25, 0.3) is 0 Å². The van der Waals surface area contributed by atoms with Crippen LogP contribution in [0.3, 0.4) is 0 Å². The Morgan fingerprint density at radius 3 is 2.33 bits per heavy atom. The molecule has 98 valence electrons. The maximum Gasteiger partial charge on any atom is 0.514 e. The summed E-state index contributed by atoms with van der Waals surface area (Å²) in [5.74, 6) is 0.430. The Balaban J connectivity index is 2.53. The lowest BCUT2D eigenvalue weighted by Crippen LogP contribution is -2.25. The summed E-state index contributed by atoms with van der Waals surface area (Å²) in [6.45, 7) is 5.32. The first-order chi connectivity index (χ1) is 8.40. The fourth-order valence-electron chi connectivity index (χ4n) is 1.32. The van der Waals surface area contributed by atoms with Gasteiger partial charge in [0.15, 0.2) is 0 Å². The number of hydrogen-bond acceptors (Lipinski definition) is 4. The van der Waals surface area contributed by atoms with Crippen LogP contribution < -0.4 is 4.74 Å². The van der Waals surface area contributed by atoms with Gasteiger partial charge in [-0.25, -0.2) is 4.79 Å². The number of carbonyl (C=O) groups is 2. The molecule has 1 aromatic rings. The maximum absolute atomic E-state index is 11.4. The SMILES string of the molecule is CC(C)(C)OC(=O)Oc1ccc(CCC=O)cc1. The molecule has 0 aliphatic heterocycles. The number of aryl methyl sites for hydroxylation is 1. The molecule has 0 aliphatic rings. The van der Waals surface area contributed by atoms with Gasteiger partial charge in [-0.15, -0.1) is 0 Å². The third kappa shape index (κ3) is 5.48. The lowest BCUT2D eigenvalue weighted by atomic mass is 10.1. The van der Waals surface area contributed by atoms with Crippen molar-refractivity contribution in [3.8, 4) is 5.75 Å².